The lowest BCUT2D eigenvalue weighted by Gasteiger charge is -2.12. The predicted octanol–water partition coefficient (Wildman–Crippen LogP) is 0.958. The maximum Gasteiger partial charge on any atom is 0.269 e. The van der Waals surface area contributed by atoms with Gasteiger partial charge in [0.15, 0.2) is 10.2 Å². The number of thiocarbonyl (C=S) groups is 2. The second kappa shape index (κ2) is 11.0. The molecule has 7 nitrogen and oxygen atoms in total. The Labute approximate surface area is 151 Å². The number of hydrogen-bond donors (Lipinski definition) is 6. The molecule has 0 radical (unpaired) electrons. The second-order valence-corrected chi connectivity index (χ2v) is 5.22. The van der Waals surface area contributed by atoms with Crippen LogP contribution in [-0.4, -0.2) is 29.2 Å². The minimum absolute atomic E-state index is 0.305. The molecule has 0 atom stereocenters. The zero-order valence-electron chi connectivity index (χ0n) is 13.0. The molecule has 6 N–H and O–H groups in total. The summed E-state index contributed by atoms with van der Waals surface area (Å²) < 4.78 is 0. The number of hydrogen-bond acceptors (Lipinski definition) is 4. The monoisotopic (exact) mass is 364 g/mol. The van der Waals surface area contributed by atoms with E-state index in [1.54, 1.807) is 36.4 Å². The van der Waals surface area contributed by atoms with E-state index in [-0.39, 0.29) is 5.91 Å². The van der Waals surface area contributed by atoms with E-state index in [1.807, 2.05) is 0 Å². The molecule has 0 saturated heterocycles. The van der Waals surface area contributed by atoms with Crippen LogP contribution in [0.4, 0.5) is 5.69 Å². The lowest BCUT2D eigenvalue weighted by molar-refractivity contribution is 0.0943. The van der Waals surface area contributed by atoms with Crippen LogP contribution in [0, 0.1) is 0 Å². The van der Waals surface area contributed by atoms with Gasteiger partial charge in [-0.05, 0) is 48.7 Å². The number of nitrogens with one attached hydrogen (secondary N) is 6. The van der Waals surface area contributed by atoms with Crippen LogP contribution in [0.2, 0.25) is 0 Å². The van der Waals surface area contributed by atoms with Crippen LogP contribution in [0.1, 0.15) is 10.4 Å². The van der Waals surface area contributed by atoms with E-state index < -0.39 is 0 Å². The summed E-state index contributed by atoms with van der Waals surface area (Å²) in [5, 5.41) is 6.51. The Morgan fingerprint density at radius 1 is 0.917 bits per heavy atom. The van der Waals surface area contributed by atoms with E-state index in [2.05, 4.69) is 45.5 Å². The summed E-state index contributed by atoms with van der Waals surface area (Å²) >= 11 is 10.0. The molecule has 0 saturated carbocycles. The van der Waals surface area contributed by atoms with Crippen LogP contribution in [0.5, 0.6) is 0 Å². The van der Waals surface area contributed by atoms with Gasteiger partial charge in [0.2, 0.25) is 0 Å². The van der Waals surface area contributed by atoms with Crippen molar-refractivity contribution < 1.29 is 4.79 Å². The summed E-state index contributed by atoms with van der Waals surface area (Å²) in [6, 6.07) is 6.82. The summed E-state index contributed by atoms with van der Waals surface area (Å²) in [7, 11) is 0. The van der Waals surface area contributed by atoms with Crippen molar-refractivity contribution in [1.82, 2.24) is 26.9 Å². The molecule has 0 aliphatic carbocycles. The molecule has 0 aliphatic rings. The lowest BCUT2D eigenvalue weighted by atomic mass is 10.2. The van der Waals surface area contributed by atoms with Crippen molar-refractivity contribution in [3.05, 3.63) is 55.1 Å². The van der Waals surface area contributed by atoms with Crippen LogP contribution >= 0.6 is 24.4 Å². The van der Waals surface area contributed by atoms with Gasteiger partial charge in [-0.2, -0.15) is 0 Å². The van der Waals surface area contributed by atoms with Gasteiger partial charge in [-0.15, -0.1) is 13.2 Å². The van der Waals surface area contributed by atoms with E-state index >= 15 is 0 Å². The molecular formula is C15H20N6OS2. The van der Waals surface area contributed by atoms with Gasteiger partial charge in [0.25, 0.3) is 5.91 Å². The van der Waals surface area contributed by atoms with Crippen molar-refractivity contribution in [3.63, 3.8) is 0 Å². The average molecular weight is 365 g/mol. The smallest absolute Gasteiger partial charge is 0.269 e. The Morgan fingerprint density at radius 3 is 2.00 bits per heavy atom. The first kappa shape index (κ1) is 19.4. The zero-order valence-corrected chi connectivity index (χ0v) is 14.7. The highest BCUT2D eigenvalue weighted by Gasteiger charge is 2.05. The minimum Gasteiger partial charge on any atom is -0.358 e. The molecule has 0 aliphatic heterocycles. The van der Waals surface area contributed by atoms with Crippen molar-refractivity contribution >= 4 is 46.3 Å². The highest BCUT2D eigenvalue weighted by Crippen LogP contribution is 2.08. The molecule has 1 rings (SSSR count). The molecule has 0 fully saturated rings. The standard InChI is InChI=1S/C15H20N6OS2/c1-3-9-16-14(23)20-18-12-7-5-11(6-8-12)13(22)19-21-15(24)17-10-4-2/h3-8,18H,1-2,9-10H2,(H,19,22)(H2,16,20,23)(H2,17,21,24). The first-order valence-electron chi connectivity index (χ1n) is 7.02. The third-order valence-electron chi connectivity index (χ3n) is 2.57. The van der Waals surface area contributed by atoms with Crippen molar-refractivity contribution in [2.45, 2.75) is 0 Å². The number of anilines is 1. The van der Waals surface area contributed by atoms with Gasteiger partial charge in [0.1, 0.15) is 0 Å². The SMILES string of the molecule is C=CCNC(=S)NNC(=O)c1ccc(NNC(=S)NCC=C)cc1. The topological polar surface area (TPSA) is 89.2 Å². The van der Waals surface area contributed by atoms with Gasteiger partial charge in [-0.25, -0.2) is 0 Å². The number of rotatable bonds is 7. The number of amides is 1. The molecule has 0 spiro atoms. The normalized spacial score (nSPS) is 9.17. The Balaban J connectivity index is 2.41. The molecule has 24 heavy (non-hydrogen) atoms. The fourth-order valence-electron chi connectivity index (χ4n) is 1.44. The molecule has 128 valence electrons. The molecule has 1 aromatic carbocycles. The Morgan fingerprint density at radius 2 is 1.46 bits per heavy atom. The number of carbonyl (C=O) groups is 1. The van der Waals surface area contributed by atoms with Gasteiger partial charge in [-0.3, -0.25) is 26.5 Å². The Kier molecular flexibility index (Phi) is 8.87. The van der Waals surface area contributed by atoms with Gasteiger partial charge in [0, 0.05) is 18.7 Å². The fourth-order valence-corrected chi connectivity index (χ4v) is 1.71. The van der Waals surface area contributed by atoms with E-state index in [1.165, 1.54) is 0 Å². The second-order valence-electron chi connectivity index (χ2n) is 4.40. The largest absolute Gasteiger partial charge is 0.358 e. The molecule has 1 aromatic rings. The highest BCUT2D eigenvalue weighted by atomic mass is 32.1. The summed E-state index contributed by atoms with van der Waals surface area (Å²) in [5.41, 5.74) is 12.1. The summed E-state index contributed by atoms with van der Waals surface area (Å²) in [4.78, 5) is 12.0. The average Bonchev–Trinajstić information content (AvgIpc) is 2.61. The van der Waals surface area contributed by atoms with Crippen LogP contribution < -0.4 is 32.3 Å². The summed E-state index contributed by atoms with van der Waals surface area (Å²) in [6.45, 7) is 8.23. The molecule has 0 aromatic heterocycles. The molecule has 1 amide bonds. The first-order chi connectivity index (χ1) is 11.6. The van der Waals surface area contributed by atoms with Crippen LogP contribution in [-0.2, 0) is 0 Å². The molecule has 0 bridgehead atoms. The molecule has 0 heterocycles. The molecular weight excluding hydrogens is 344 g/mol. The van der Waals surface area contributed by atoms with Gasteiger partial charge in [0.05, 0.1) is 5.69 Å². The van der Waals surface area contributed by atoms with E-state index in [0.29, 0.717) is 28.9 Å². The Bertz CT molecular complexity index is 602. The quantitative estimate of drug-likeness (QED) is 0.242. The summed E-state index contributed by atoms with van der Waals surface area (Å²) in [6.07, 6.45) is 3.36. The van der Waals surface area contributed by atoms with Crippen LogP contribution in [0.15, 0.2) is 49.6 Å². The Hall–Kier alpha value is -2.65. The van der Waals surface area contributed by atoms with Crippen molar-refractivity contribution in [1.29, 1.82) is 0 Å². The minimum atomic E-state index is -0.305. The van der Waals surface area contributed by atoms with Crippen molar-refractivity contribution in [3.8, 4) is 0 Å². The van der Waals surface area contributed by atoms with Gasteiger partial charge < -0.3 is 10.6 Å². The van der Waals surface area contributed by atoms with Crippen LogP contribution in [0.3, 0.4) is 0 Å². The first-order valence-corrected chi connectivity index (χ1v) is 7.84. The van der Waals surface area contributed by atoms with E-state index in [4.69, 9.17) is 24.4 Å². The van der Waals surface area contributed by atoms with E-state index in [0.717, 1.165) is 5.69 Å². The summed E-state index contributed by atoms with van der Waals surface area (Å²) in [5.74, 6) is -0.305. The number of benzene rings is 1. The third-order valence-corrected chi connectivity index (χ3v) is 3.06. The fraction of sp³-hybridized carbons (Fsp3) is 0.133. The van der Waals surface area contributed by atoms with Crippen molar-refractivity contribution in [2.24, 2.45) is 0 Å². The number of carbonyl (C=O) groups excluding carboxylic acids is 1. The molecule has 0 unspecified atom stereocenters. The van der Waals surface area contributed by atoms with Crippen LogP contribution in [0.25, 0.3) is 0 Å². The lowest BCUT2D eigenvalue weighted by Crippen LogP contribution is -2.46. The van der Waals surface area contributed by atoms with Crippen molar-refractivity contribution in [2.75, 3.05) is 18.5 Å². The van der Waals surface area contributed by atoms with Gasteiger partial charge >= 0.3 is 0 Å². The molecule has 9 heteroatoms. The number of hydrazine groups is 2. The highest BCUT2D eigenvalue weighted by molar-refractivity contribution is 7.80. The van der Waals surface area contributed by atoms with Gasteiger partial charge in [-0.1, -0.05) is 12.2 Å². The predicted molar refractivity (Wildman–Crippen MR) is 105 cm³/mol. The third kappa shape index (κ3) is 7.56. The maximum atomic E-state index is 12.0. The zero-order chi connectivity index (χ0) is 17.8. The maximum absolute atomic E-state index is 12.0. The van der Waals surface area contributed by atoms with E-state index in [9.17, 15) is 4.79 Å².